The fraction of sp³-hybridized carbons (Fsp3) is 0.421. The van der Waals surface area contributed by atoms with Crippen LogP contribution >= 0.6 is 11.3 Å². The summed E-state index contributed by atoms with van der Waals surface area (Å²) in [5, 5.41) is 11.4. The maximum atomic E-state index is 13.1. The number of hydrogen-bond acceptors (Lipinski definition) is 7. The molecule has 0 saturated heterocycles. The number of amides is 1. The first-order valence-corrected chi connectivity index (χ1v) is 9.91. The van der Waals surface area contributed by atoms with Gasteiger partial charge in [-0.15, -0.1) is 0 Å². The summed E-state index contributed by atoms with van der Waals surface area (Å²) in [5.41, 5.74) is 0.545. The molecule has 1 aromatic heterocycles. The minimum absolute atomic E-state index is 0.151. The highest BCUT2D eigenvalue weighted by Gasteiger charge is 2.25. The highest BCUT2D eigenvalue weighted by molar-refractivity contribution is 7.17. The van der Waals surface area contributed by atoms with Crippen molar-refractivity contribution in [1.29, 1.82) is 0 Å². The zero-order valence-corrected chi connectivity index (χ0v) is 17.0. The number of hydrogen-bond donors (Lipinski definition) is 0. The number of anilines is 1. The van der Waals surface area contributed by atoms with E-state index < -0.39 is 10.9 Å². The quantitative estimate of drug-likeness (QED) is 0.266. The molecule has 0 saturated carbocycles. The number of carbonyl (C=O) groups is 2. The molecule has 9 heteroatoms. The average molecular weight is 405 g/mol. The Morgan fingerprint density at radius 2 is 2.04 bits per heavy atom. The molecule has 0 fully saturated rings. The summed E-state index contributed by atoms with van der Waals surface area (Å²) >= 11 is 1.09. The first kappa shape index (κ1) is 21.5. The molecule has 0 spiro atoms. The van der Waals surface area contributed by atoms with E-state index in [9.17, 15) is 19.7 Å². The topological polar surface area (TPSA) is 103 Å². The van der Waals surface area contributed by atoms with Gasteiger partial charge in [0.15, 0.2) is 5.13 Å². The molecule has 0 bridgehead atoms. The van der Waals surface area contributed by atoms with Crippen molar-refractivity contribution in [2.45, 2.75) is 40.0 Å². The van der Waals surface area contributed by atoms with E-state index in [1.165, 1.54) is 29.2 Å². The number of nitro groups is 1. The van der Waals surface area contributed by atoms with E-state index in [0.717, 1.165) is 30.6 Å². The standard InChI is InChI=1S/C19H23N3O5S/c1-4-6-7-11-21(17(23)14-9-8-10-15(12-14)22(25)26)19-20-13(3)16(28-19)18(24)27-5-2/h8-10,12H,4-7,11H2,1-3H3. The largest absolute Gasteiger partial charge is 0.462 e. The Bertz CT molecular complexity index is 865. The van der Waals surface area contributed by atoms with E-state index in [-0.39, 0.29) is 23.8 Å². The lowest BCUT2D eigenvalue weighted by Gasteiger charge is -2.20. The molecule has 8 nitrogen and oxygen atoms in total. The lowest BCUT2D eigenvalue weighted by molar-refractivity contribution is -0.384. The molecule has 1 amide bonds. The monoisotopic (exact) mass is 405 g/mol. The number of esters is 1. The zero-order valence-electron chi connectivity index (χ0n) is 16.1. The number of aryl methyl sites for hydroxylation is 1. The van der Waals surface area contributed by atoms with Crippen molar-refractivity contribution in [3.63, 3.8) is 0 Å². The van der Waals surface area contributed by atoms with Crippen LogP contribution in [0.2, 0.25) is 0 Å². The molecule has 1 heterocycles. The third-order valence-corrected chi connectivity index (χ3v) is 5.17. The number of rotatable bonds is 9. The maximum Gasteiger partial charge on any atom is 0.350 e. The molecular formula is C19H23N3O5S. The first-order chi connectivity index (χ1) is 13.4. The van der Waals surface area contributed by atoms with Gasteiger partial charge in [0.1, 0.15) is 4.88 Å². The van der Waals surface area contributed by atoms with Crippen LogP contribution in [0, 0.1) is 17.0 Å². The Labute approximate surface area is 167 Å². The van der Waals surface area contributed by atoms with Gasteiger partial charge in [0.25, 0.3) is 11.6 Å². The van der Waals surface area contributed by atoms with Gasteiger partial charge in [-0.05, 0) is 26.3 Å². The maximum absolute atomic E-state index is 13.1. The Hall–Kier alpha value is -2.81. The van der Waals surface area contributed by atoms with Gasteiger partial charge in [0, 0.05) is 24.2 Å². The smallest absolute Gasteiger partial charge is 0.350 e. The Morgan fingerprint density at radius 1 is 1.29 bits per heavy atom. The first-order valence-electron chi connectivity index (χ1n) is 9.09. The summed E-state index contributed by atoms with van der Waals surface area (Å²) in [7, 11) is 0. The van der Waals surface area contributed by atoms with Crippen LogP contribution in [0.4, 0.5) is 10.8 Å². The highest BCUT2D eigenvalue weighted by atomic mass is 32.1. The van der Waals surface area contributed by atoms with Gasteiger partial charge in [-0.1, -0.05) is 37.2 Å². The fourth-order valence-electron chi connectivity index (χ4n) is 2.60. The van der Waals surface area contributed by atoms with E-state index in [2.05, 4.69) is 11.9 Å². The van der Waals surface area contributed by atoms with E-state index in [0.29, 0.717) is 22.2 Å². The molecule has 28 heavy (non-hydrogen) atoms. The minimum Gasteiger partial charge on any atom is -0.462 e. The van der Waals surface area contributed by atoms with Crippen LogP contribution < -0.4 is 4.90 Å². The normalized spacial score (nSPS) is 10.5. The number of unbranched alkanes of at least 4 members (excludes halogenated alkanes) is 2. The number of nitrogens with zero attached hydrogens (tertiary/aromatic N) is 3. The molecule has 0 unspecified atom stereocenters. The van der Waals surface area contributed by atoms with E-state index >= 15 is 0 Å². The highest BCUT2D eigenvalue weighted by Crippen LogP contribution is 2.29. The van der Waals surface area contributed by atoms with Crippen molar-refractivity contribution in [2.24, 2.45) is 0 Å². The molecule has 0 aliphatic carbocycles. The third kappa shape index (κ3) is 5.13. The average Bonchev–Trinajstić information content (AvgIpc) is 3.06. The van der Waals surface area contributed by atoms with Crippen molar-refractivity contribution >= 4 is 34.0 Å². The van der Waals surface area contributed by atoms with Crippen LogP contribution in [0.5, 0.6) is 0 Å². The summed E-state index contributed by atoms with van der Waals surface area (Å²) in [6.45, 7) is 6.12. The number of nitro benzene ring substituents is 1. The summed E-state index contributed by atoms with van der Waals surface area (Å²) in [4.78, 5) is 41.9. The van der Waals surface area contributed by atoms with Crippen LogP contribution in [0.15, 0.2) is 24.3 Å². The molecule has 0 aliphatic rings. The number of aromatic nitrogens is 1. The van der Waals surface area contributed by atoms with Gasteiger partial charge in [0.2, 0.25) is 0 Å². The van der Waals surface area contributed by atoms with E-state index in [4.69, 9.17) is 4.74 Å². The molecule has 0 atom stereocenters. The number of thiazole rings is 1. The second-order valence-corrected chi connectivity index (χ2v) is 7.08. The minimum atomic E-state index is -0.537. The summed E-state index contributed by atoms with van der Waals surface area (Å²) in [5.74, 6) is -0.857. The molecule has 1 aromatic carbocycles. The molecular weight excluding hydrogens is 382 g/mol. The van der Waals surface area contributed by atoms with Crippen LogP contribution in [0.1, 0.15) is 58.8 Å². The van der Waals surface area contributed by atoms with Crippen LogP contribution in [-0.2, 0) is 4.74 Å². The number of non-ortho nitro benzene ring substituents is 1. The van der Waals surface area contributed by atoms with Crippen molar-refractivity contribution in [3.8, 4) is 0 Å². The van der Waals surface area contributed by atoms with Gasteiger partial charge in [0.05, 0.1) is 17.2 Å². The zero-order chi connectivity index (χ0) is 20.7. The summed E-state index contributed by atoms with van der Waals surface area (Å²) in [6, 6.07) is 5.61. The van der Waals surface area contributed by atoms with Gasteiger partial charge >= 0.3 is 5.97 Å². The predicted octanol–water partition coefficient (Wildman–Crippen LogP) is 4.37. The summed E-state index contributed by atoms with van der Waals surface area (Å²) in [6.07, 6.45) is 2.65. The number of carbonyl (C=O) groups excluding carboxylic acids is 2. The molecule has 0 N–H and O–H groups in total. The number of ether oxygens (including phenoxy) is 1. The second-order valence-electron chi connectivity index (χ2n) is 6.10. The molecule has 150 valence electrons. The predicted molar refractivity (Wildman–Crippen MR) is 107 cm³/mol. The van der Waals surface area contributed by atoms with Crippen LogP contribution in [0.25, 0.3) is 0 Å². The molecule has 2 aromatic rings. The van der Waals surface area contributed by atoms with Gasteiger partial charge in [-0.3, -0.25) is 19.8 Å². The summed E-state index contributed by atoms with van der Waals surface area (Å²) < 4.78 is 5.04. The fourth-order valence-corrected chi connectivity index (χ4v) is 3.58. The second kappa shape index (κ2) is 9.93. The Morgan fingerprint density at radius 3 is 2.68 bits per heavy atom. The van der Waals surface area contributed by atoms with Crippen molar-refractivity contribution in [3.05, 3.63) is 50.5 Å². The van der Waals surface area contributed by atoms with Gasteiger partial charge in [-0.25, -0.2) is 9.78 Å². The lowest BCUT2D eigenvalue weighted by atomic mass is 10.1. The molecule has 2 rings (SSSR count). The van der Waals surface area contributed by atoms with E-state index in [1.807, 2.05) is 0 Å². The molecule has 0 radical (unpaired) electrons. The van der Waals surface area contributed by atoms with Gasteiger partial charge in [-0.2, -0.15) is 0 Å². The van der Waals surface area contributed by atoms with Crippen molar-refractivity contribution < 1.29 is 19.2 Å². The van der Waals surface area contributed by atoms with Crippen LogP contribution in [-0.4, -0.2) is 34.9 Å². The lowest BCUT2D eigenvalue weighted by Crippen LogP contribution is -2.32. The van der Waals surface area contributed by atoms with Gasteiger partial charge < -0.3 is 4.74 Å². The Balaban J connectivity index is 2.38. The number of benzene rings is 1. The van der Waals surface area contributed by atoms with Crippen LogP contribution in [0.3, 0.4) is 0 Å². The Kier molecular flexibility index (Phi) is 7.62. The SMILES string of the molecule is CCCCCN(C(=O)c1cccc([N+](=O)[O-])c1)c1nc(C)c(C(=O)OCC)s1. The molecule has 0 aliphatic heterocycles. The van der Waals surface area contributed by atoms with E-state index in [1.54, 1.807) is 13.8 Å². The third-order valence-electron chi connectivity index (χ3n) is 4.01. The van der Waals surface area contributed by atoms with Crippen molar-refractivity contribution in [1.82, 2.24) is 4.98 Å². The van der Waals surface area contributed by atoms with Crippen molar-refractivity contribution in [2.75, 3.05) is 18.1 Å².